The molecule has 2 aromatic carbocycles. The van der Waals surface area contributed by atoms with Gasteiger partial charge in [-0.2, -0.15) is 20.4 Å². The molecule has 624 valence electrons. The van der Waals surface area contributed by atoms with Crippen molar-refractivity contribution in [3.05, 3.63) is 263 Å². The molecule has 10 aromatic heterocycles. The molecule has 8 aliphatic heterocycles. The summed E-state index contributed by atoms with van der Waals surface area (Å²) in [5.41, 5.74) is 10.8. The Bertz CT molecular complexity index is 5490. The molecule has 12 fully saturated rings. The molecule has 29 heteroatoms. The number of aromatic nitrogens is 16. The third-order valence-corrected chi connectivity index (χ3v) is 25.1. The van der Waals surface area contributed by atoms with Crippen LogP contribution in [0.1, 0.15) is 158 Å². The molecule has 4 saturated carbocycles. The zero-order chi connectivity index (χ0) is 84.1. The largest absolute Gasteiger partial charge is 0.365 e. The summed E-state index contributed by atoms with van der Waals surface area (Å²) in [6, 6.07) is 37.0. The molecule has 12 atom stereocenters. The predicted octanol–water partition coefficient (Wildman–Crippen LogP) is 13.9. The summed E-state index contributed by atoms with van der Waals surface area (Å²) in [5.74, 6) is 5.89. The molecule has 8 bridgehead atoms. The van der Waals surface area contributed by atoms with Crippen LogP contribution in [0.4, 0.5) is 27.7 Å². The van der Waals surface area contributed by atoms with Crippen LogP contribution in [0.5, 0.6) is 0 Å². The standard InChI is InChI=1S/C25H27N5O.C24H24FN5O.2C22H25N7O/c1-16-4-7-19(24-26-10-3-11-27-24)20(12-16)25(31)30-15-18-6-8-22(30)21(13-18)29-23-9-5-17(2)14-28-23;1-15-6-9-21(28-13-15)29-19-12-16-7-8-20(19)30(14-16)24(31)22-17(4-2-5-18(22)25)23-26-10-3-11-27-23;1-14-3-8-20(23-12-14)27-17-11-16-5-7-18(17)28(13-16)22(30)21-19(6-4-15(2)26-21)29-24-9-10-25-29;1-14-3-6-20(23-11-14)27-18-10-16-4-5-19(18)28(13-16)22(30)17-9-15(2)12-24-21(17)29-25-7-8-26-29/h3-5,7,9-12,14,18,21-22H,6,8,13,15H2,1-2H3,(H,28,29);2-6,9-11,13,16,19-20H,7-8,12,14H2,1H3,(H,28,29);3-4,6,8-10,12,16-18H,5,7,11,13H2,1-2H3,(H,23,27);3,6-9,11-12,16,18-19H,4-5,10,13H2,1-2H3,(H,23,27). The molecule has 0 spiro atoms. The monoisotopic (exact) mass is 1640 g/mol. The van der Waals surface area contributed by atoms with E-state index in [4.69, 9.17) is 0 Å². The van der Waals surface area contributed by atoms with Crippen LogP contribution in [0.3, 0.4) is 0 Å². The summed E-state index contributed by atoms with van der Waals surface area (Å²) < 4.78 is 14.9. The van der Waals surface area contributed by atoms with Crippen molar-refractivity contribution in [2.75, 3.05) is 47.4 Å². The number of fused-ring (bicyclic) bond motifs is 12. The minimum absolute atomic E-state index is 0.00318. The molecular formula is C93H101FN24O4. The van der Waals surface area contributed by atoms with Crippen LogP contribution in [-0.4, -0.2) is 198 Å². The second-order valence-corrected chi connectivity index (χ2v) is 33.9. The summed E-state index contributed by atoms with van der Waals surface area (Å²) in [7, 11) is 0. The maximum Gasteiger partial charge on any atom is 0.275 e. The third kappa shape index (κ3) is 18.0. The molecule has 122 heavy (non-hydrogen) atoms. The van der Waals surface area contributed by atoms with Gasteiger partial charge in [0.05, 0.1) is 65.6 Å². The van der Waals surface area contributed by atoms with E-state index in [0.717, 1.165) is 158 Å². The zero-order valence-corrected chi connectivity index (χ0v) is 69.7. The lowest BCUT2D eigenvalue weighted by Crippen LogP contribution is -2.60. The lowest BCUT2D eigenvalue weighted by molar-refractivity contribution is 0.0273. The maximum absolute atomic E-state index is 14.9. The van der Waals surface area contributed by atoms with Crippen molar-refractivity contribution >= 4 is 46.9 Å². The van der Waals surface area contributed by atoms with E-state index in [-0.39, 0.29) is 77.5 Å². The number of benzene rings is 2. The van der Waals surface area contributed by atoms with Crippen LogP contribution in [0.2, 0.25) is 0 Å². The average molecular weight is 1640 g/mol. The number of piperidine rings is 8. The molecule has 18 heterocycles. The third-order valence-electron chi connectivity index (χ3n) is 25.1. The molecule has 12 aromatic rings. The number of pyridine rings is 6. The fraction of sp³-hybridized carbons (Fsp3) is 0.376. The Labute approximate surface area is 708 Å². The van der Waals surface area contributed by atoms with Gasteiger partial charge < -0.3 is 40.9 Å². The minimum Gasteiger partial charge on any atom is -0.365 e. The maximum atomic E-state index is 14.9. The van der Waals surface area contributed by atoms with Crippen LogP contribution >= 0.6 is 0 Å². The quantitative estimate of drug-likeness (QED) is 0.0698. The van der Waals surface area contributed by atoms with E-state index in [2.05, 4.69) is 115 Å². The van der Waals surface area contributed by atoms with Crippen LogP contribution < -0.4 is 21.3 Å². The number of amides is 4. The van der Waals surface area contributed by atoms with Gasteiger partial charge in [-0.3, -0.25) is 19.2 Å². The summed E-state index contributed by atoms with van der Waals surface area (Å²) in [6.45, 7) is 17.0. The zero-order valence-electron chi connectivity index (χ0n) is 69.7. The Morgan fingerprint density at radius 2 is 0.738 bits per heavy atom. The van der Waals surface area contributed by atoms with E-state index >= 15 is 0 Å². The van der Waals surface area contributed by atoms with E-state index < -0.39 is 5.82 Å². The van der Waals surface area contributed by atoms with Crippen LogP contribution in [0.25, 0.3) is 34.3 Å². The van der Waals surface area contributed by atoms with Crippen molar-refractivity contribution < 1.29 is 23.6 Å². The Morgan fingerprint density at radius 1 is 0.352 bits per heavy atom. The molecule has 4 N–H and O–H groups in total. The molecule has 0 radical (unpaired) electrons. The van der Waals surface area contributed by atoms with Gasteiger partial charge in [-0.1, -0.05) is 54.1 Å². The van der Waals surface area contributed by atoms with Crippen molar-refractivity contribution in [3.63, 3.8) is 0 Å². The molecular weight excluding hydrogens is 1540 g/mol. The smallest absolute Gasteiger partial charge is 0.275 e. The highest BCUT2D eigenvalue weighted by Gasteiger charge is 2.49. The van der Waals surface area contributed by atoms with Gasteiger partial charge in [0, 0.05) is 123 Å². The van der Waals surface area contributed by atoms with Gasteiger partial charge in [-0.15, -0.1) is 9.59 Å². The topological polar surface area (TPSA) is 320 Å². The normalized spacial score (nSPS) is 22.6. The molecule has 4 amide bonds. The number of nitrogens with one attached hydrogen (secondary N) is 4. The van der Waals surface area contributed by atoms with Gasteiger partial charge in [0.15, 0.2) is 23.2 Å². The van der Waals surface area contributed by atoms with Crippen molar-refractivity contribution in [2.24, 2.45) is 23.7 Å². The Kier molecular flexibility index (Phi) is 24.0. The number of carbonyl (C=O) groups is 4. The fourth-order valence-electron chi connectivity index (χ4n) is 19.1. The van der Waals surface area contributed by atoms with Gasteiger partial charge in [-0.05, 0) is 244 Å². The van der Waals surface area contributed by atoms with Gasteiger partial charge in [-0.25, -0.2) is 54.2 Å². The summed E-state index contributed by atoms with van der Waals surface area (Å²) in [6.07, 6.45) is 34.8. The van der Waals surface area contributed by atoms with Crippen molar-refractivity contribution in [1.29, 1.82) is 0 Å². The number of aryl methyl sites for hydroxylation is 7. The Hall–Kier alpha value is -13.2. The number of anilines is 4. The highest BCUT2D eigenvalue weighted by atomic mass is 19.1. The lowest BCUT2D eigenvalue weighted by Gasteiger charge is -2.50. The number of hydrogen-bond donors (Lipinski definition) is 4. The van der Waals surface area contributed by atoms with E-state index in [1.54, 1.807) is 80.0 Å². The van der Waals surface area contributed by atoms with Gasteiger partial charge in [0.25, 0.3) is 23.6 Å². The predicted molar refractivity (Wildman–Crippen MR) is 462 cm³/mol. The number of halogens is 1. The highest BCUT2D eigenvalue weighted by molar-refractivity contribution is 6.02. The van der Waals surface area contributed by atoms with Crippen molar-refractivity contribution in [3.8, 4) is 34.3 Å². The van der Waals surface area contributed by atoms with E-state index in [9.17, 15) is 23.6 Å². The number of carbonyl (C=O) groups excluding carboxylic acids is 4. The highest BCUT2D eigenvalue weighted by Crippen LogP contribution is 2.43. The minimum atomic E-state index is -0.541. The first-order valence-electron chi connectivity index (χ1n) is 42.5. The first-order chi connectivity index (χ1) is 59.3. The lowest BCUT2D eigenvalue weighted by atomic mass is 9.76. The summed E-state index contributed by atoms with van der Waals surface area (Å²) in [4.78, 5) is 110. The number of nitrogens with zero attached hydrogens (tertiary/aromatic N) is 20. The first kappa shape index (κ1) is 81.2. The molecule has 12 aliphatic rings. The Morgan fingerprint density at radius 3 is 1.16 bits per heavy atom. The Balaban J connectivity index is 0.000000116. The van der Waals surface area contributed by atoms with E-state index in [1.165, 1.54) is 22.1 Å². The van der Waals surface area contributed by atoms with Crippen LogP contribution in [0.15, 0.2) is 196 Å². The number of hydrogen-bond acceptors (Lipinski definition) is 22. The second kappa shape index (κ2) is 36.0. The van der Waals surface area contributed by atoms with Gasteiger partial charge in [0.1, 0.15) is 34.8 Å². The first-order valence-corrected chi connectivity index (χ1v) is 42.5. The number of rotatable bonds is 16. The fourth-order valence-corrected chi connectivity index (χ4v) is 19.1. The summed E-state index contributed by atoms with van der Waals surface area (Å²) >= 11 is 0. The van der Waals surface area contributed by atoms with Crippen molar-refractivity contribution in [1.82, 2.24) is 99.4 Å². The van der Waals surface area contributed by atoms with Crippen molar-refractivity contribution in [2.45, 2.75) is 174 Å². The SMILES string of the molecule is Cc1ccc(NC2CC3CCC2N(C(=O)c2c(F)cccc2-c2ncccn2)C3)nc1.Cc1ccc(NC2CC3CCC2N(C(=O)c2cc(C)ccc2-c2ncccn2)C3)nc1.Cc1ccc(NC2CC3CCC2N(C(=O)c2cc(C)cnc2-n2nccn2)C3)nc1.Cc1ccc(NC2CC3CCC2N(C(=O)c2nc(C)ccc2-n2nccn2)C3)nc1. The van der Waals surface area contributed by atoms with E-state index in [0.29, 0.717) is 75.8 Å². The molecule has 28 nitrogen and oxygen atoms in total. The summed E-state index contributed by atoms with van der Waals surface area (Å²) in [5, 5.41) is 31.0. The van der Waals surface area contributed by atoms with Crippen LogP contribution in [-0.2, 0) is 0 Å². The second-order valence-electron chi connectivity index (χ2n) is 33.9. The van der Waals surface area contributed by atoms with Gasteiger partial charge >= 0.3 is 0 Å². The van der Waals surface area contributed by atoms with Crippen LogP contribution in [0, 0.1) is 78.0 Å². The molecule has 8 saturated heterocycles. The molecule has 4 aliphatic carbocycles. The van der Waals surface area contributed by atoms with Gasteiger partial charge in [0.2, 0.25) is 0 Å². The molecule has 24 rings (SSSR count). The average Bonchev–Trinajstić information content (AvgIpc) is 0.825. The van der Waals surface area contributed by atoms with E-state index in [1.807, 2.05) is 155 Å². The molecule has 12 unspecified atom stereocenters.